The van der Waals surface area contributed by atoms with E-state index in [9.17, 15) is 13.2 Å². The van der Waals surface area contributed by atoms with Crippen molar-refractivity contribution in [2.24, 2.45) is 5.84 Å². The molecule has 13 heavy (non-hydrogen) atoms. The summed E-state index contributed by atoms with van der Waals surface area (Å²) < 4.78 is 21.8. The van der Waals surface area contributed by atoms with Crippen LogP contribution in [0.2, 0.25) is 0 Å². The van der Waals surface area contributed by atoms with Crippen LogP contribution in [0.25, 0.3) is 0 Å². The number of nitrogens with zero attached hydrogens (tertiary/aromatic N) is 1. The minimum Gasteiger partial charge on any atom is -0.325 e. The molecule has 0 bridgehead atoms. The highest BCUT2D eigenvalue weighted by Gasteiger charge is 2.14. The number of carbonyl (C=O) groups is 1. The molecule has 0 saturated carbocycles. The monoisotopic (exact) mass is 204 g/mol. The first-order valence-electron chi connectivity index (χ1n) is 3.21. The van der Waals surface area contributed by atoms with Gasteiger partial charge in [-0.3, -0.25) is 10.2 Å². The third-order valence-electron chi connectivity index (χ3n) is 1.28. The zero-order chi connectivity index (χ0) is 10.1. The molecule has 8 heteroatoms. The lowest BCUT2D eigenvalue weighted by Gasteiger charge is -1.93. The van der Waals surface area contributed by atoms with Crippen molar-refractivity contribution in [2.75, 3.05) is 6.26 Å². The molecule has 72 valence electrons. The van der Waals surface area contributed by atoms with Gasteiger partial charge in [0, 0.05) is 6.26 Å². The molecule has 0 saturated heterocycles. The van der Waals surface area contributed by atoms with E-state index >= 15 is 0 Å². The Kier molecular flexibility index (Phi) is 2.34. The zero-order valence-electron chi connectivity index (χ0n) is 6.73. The Balaban J connectivity index is 3.07. The molecule has 4 N–H and O–H groups in total. The maximum Gasteiger partial charge on any atom is 0.283 e. The molecule has 0 unspecified atom stereocenters. The van der Waals surface area contributed by atoms with Crippen LogP contribution in [0.5, 0.6) is 0 Å². The molecular formula is C5H8N4O3S. The number of carbonyl (C=O) groups excluding carboxylic acids is 1. The fraction of sp³-hybridized carbons (Fsp3) is 0.200. The molecule has 0 aliphatic heterocycles. The van der Waals surface area contributed by atoms with Gasteiger partial charge in [-0.15, -0.1) is 0 Å². The molecule has 0 fully saturated rings. The van der Waals surface area contributed by atoms with E-state index < -0.39 is 15.7 Å². The van der Waals surface area contributed by atoms with Crippen molar-refractivity contribution in [3.63, 3.8) is 0 Å². The van der Waals surface area contributed by atoms with Crippen LogP contribution in [0.1, 0.15) is 10.5 Å². The molecule has 0 aromatic carbocycles. The molecule has 1 aromatic heterocycles. The lowest BCUT2D eigenvalue weighted by atomic mass is 10.5. The largest absolute Gasteiger partial charge is 0.325 e. The molecule has 1 heterocycles. The van der Waals surface area contributed by atoms with E-state index in [0.29, 0.717) is 0 Å². The van der Waals surface area contributed by atoms with Crippen molar-refractivity contribution in [2.45, 2.75) is 5.16 Å². The number of amides is 1. The highest BCUT2D eigenvalue weighted by atomic mass is 32.2. The standard InChI is InChI=1S/C5H8N4O3S/c1-13(11,12)5-7-2-3(8-5)4(10)9-6/h2H,6H2,1H3,(H,7,8)(H,9,10). The summed E-state index contributed by atoms with van der Waals surface area (Å²) in [5.74, 6) is 4.20. The molecular weight excluding hydrogens is 196 g/mol. The number of hydrogen-bond donors (Lipinski definition) is 3. The Morgan fingerprint density at radius 1 is 1.69 bits per heavy atom. The molecule has 0 atom stereocenters. The van der Waals surface area contributed by atoms with Crippen LogP contribution in [0.4, 0.5) is 0 Å². The minimum atomic E-state index is -3.41. The quantitative estimate of drug-likeness (QED) is 0.305. The van der Waals surface area contributed by atoms with Crippen molar-refractivity contribution < 1.29 is 13.2 Å². The highest BCUT2D eigenvalue weighted by Crippen LogP contribution is 2.02. The molecule has 1 aromatic rings. The van der Waals surface area contributed by atoms with Crippen LogP contribution in [0, 0.1) is 0 Å². The number of nitrogens with one attached hydrogen (secondary N) is 2. The number of nitrogen functional groups attached to an aromatic ring is 1. The Labute approximate surface area is 74.2 Å². The van der Waals surface area contributed by atoms with Gasteiger partial charge in [-0.2, -0.15) is 0 Å². The number of aromatic amines is 1. The van der Waals surface area contributed by atoms with Gasteiger partial charge < -0.3 is 4.98 Å². The average Bonchev–Trinajstić information content (AvgIpc) is 2.50. The van der Waals surface area contributed by atoms with E-state index in [-0.39, 0.29) is 10.9 Å². The van der Waals surface area contributed by atoms with Crippen molar-refractivity contribution >= 4 is 15.7 Å². The minimum absolute atomic E-state index is 0.00271. The maximum atomic E-state index is 10.9. The summed E-state index contributed by atoms with van der Waals surface area (Å²) in [6.07, 6.45) is 2.08. The second-order valence-electron chi connectivity index (χ2n) is 2.35. The predicted octanol–water partition coefficient (Wildman–Crippen LogP) is -1.58. The normalized spacial score (nSPS) is 11.2. The number of imidazole rings is 1. The van der Waals surface area contributed by atoms with Crippen LogP contribution < -0.4 is 11.3 Å². The predicted molar refractivity (Wildman–Crippen MR) is 43.4 cm³/mol. The molecule has 0 aliphatic rings. The number of hydrazine groups is 1. The Hall–Kier alpha value is -1.41. The summed E-state index contributed by atoms with van der Waals surface area (Å²) in [7, 11) is -3.41. The first-order chi connectivity index (χ1) is 5.95. The highest BCUT2D eigenvalue weighted by molar-refractivity contribution is 7.90. The smallest absolute Gasteiger partial charge is 0.283 e. The van der Waals surface area contributed by atoms with Crippen LogP contribution in [0.15, 0.2) is 11.4 Å². The number of rotatable bonds is 2. The fourth-order valence-electron chi connectivity index (χ4n) is 0.685. The SMILES string of the molecule is CS(=O)(=O)c1ncc(C(=O)NN)[nH]1. The van der Waals surface area contributed by atoms with Crippen LogP contribution in [-0.4, -0.2) is 30.5 Å². The first-order valence-corrected chi connectivity index (χ1v) is 5.10. The summed E-state index contributed by atoms with van der Waals surface area (Å²) in [5.41, 5.74) is 1.84. The van der Waals surface area contributed by atoms with Gasteiger partial charge in [-0.05, 0) is 0 Å². The fourth-order valence-corrected chi connectivity index (χ4v) is 1.22. The molecule has 1 rings (SSSR count). The lowest BCUT2D eigenvalue weighted by molar-refractivity contribution is 0.0949. The van der Waals surface area contributed by atoms with Crippen LogP contribution in [-0.2, 0) is 9.84 Å². The molecule has 0 spiro atoms. The van der Waals surface area contributed by atoms with E-state index in [1.54, 1.807) is 0 Å². The average molecular weight is 204 g/mol. The third-order valence-corrected chi connectivity index (χ3v) is 2.19. The first kappa shape index (κ1) is 9.68. The topological polar surface area (TPSA) is 118 Å². The molecule has 1 amide bonds. The summed E-state index contributed by atoms with van der Waals surface area (Å²) in [6.45, 7) is 0. The number of hydrogen-bond acceptors (Lipinski definition) is 5. The molecule has 0 aliphatic carbocycles. The number of sulfone groups is 1. The van der Waals surface area contributed by atoms with Gasteiger partial charge in [0.1, 0.15) is 5.69 Å². The van der Waals surface area contributed by atoms with Crippen molar-refractivity contribution in [1.29, 1.82) is 0 Å². The van der Waals surface area contributed by atoms with Crippen molar-refractivity contribution in [1.82, 2.24) is 15.4 Å². The summed E-state index contributed by atoms with van der Waals surface area (Å²) >= 11 is 0. The van der Waals surface area contributed by atoms with Crippen molar-refractivity contribution in [3.8, 4) is 0 Å². The van der Waals surface area contributed by atoms with Gasteiger partial charge in [0.05, 0.1) is 6.20 Å². The Bertz CT molecular complexity index is 421. The maximum absolute atomic E-state index is 10.9. The van der Waals surface area contributed by atoms with E-state index in [1.165, 1.54) is 0 Å². The Morgan fingerprint density at radius 3 is 2.69 bits per heavy atom. The molecule has 7 nitrogen and oxygen atoms in total. The van der Waals surface area contributed by atoms with E-state index in [4.69, 9.17) is 5.84 Å². The van der Waals surface area contributed by atoms with E-state index in [2.05, 4.69) is 9.97 Å². The summed E-state index contributed by atoms with van der Waals surface area (Å²) in [5, 5.41) is -0.258. The van der Waals surface area contributed by atoms with Gasteiger partial charge in [-0.1, -0.05) is 0 Å². The zero-order valence-corrected chi connectivity index (χ0v) is 7.55. The van der Waals surface area contributed by atoms with Gasteiger partial charge in [0.15, 0.2) is 0 Å². The van der Waals surface area contributed by atoms with E-state index in [1.807, 2.05) is 5.43 Å². The van der Waals surface area contributed by atoms with Crippen LogP contribution >= 0.6 is 0 Å². The third kappa shape index (κ3) is 2.04. The lowest BCUT2D eigenvalue weighted by Crippen LogP contribution is -2.30. The van der Waals surface area contributed by atoms with Crippen molar-refractivity contribution in [3.05, 3.63) is 11.9 Å². The van der Waals surface area contributed by atoms with Gasteiger partial charge in [0.2, 0.25) is 15.0 Å². The molecule has 0 radical (unpaired) electrons. The van der Waals surface area contributed by atoms with Gasteiger partial charge in [0.25, 0.3) is 5.91 Å². The van der Waals surface area contributed by atoms with Crippen LogP contribution in [0.3, 0.4) is 0 Å². The summed E-state index contributed by atoms with van der Waals surface area (Å²) in [4.78, 5) is 16.7. The second kappa shape index (κ2) is 3.15. The Morgan fingerprint density at radius 2 is 2.31 bits per heavy atom. The summed E-state index contributed by atoms with van der Waals surface area (Å²) in [6, 6.07) is 0. The number of aromatic nitrogens is 2. The number of H-pyrrole nitrogens is 1. The number of nitrogens with two attached hydrogens (primary N) is 1. The van der Waals surface area contributed by atoms with Gasteiger partial charge in [-0.25, -0.2) is 19.2 Å². The van der Waals surface area contributed by atoms with Gasteiger partial charge >= 0.3 is 0 Å². The second-order valence-corrected chi connectivity index (χ2v) is 4.28. The van der Waals surface area contributed by atoms with E-state index in [0.717, 1.165) is 12.5 Å².